The molecule has 2 aromatic rings. The van der Waals surface area contributed by atoms with Crippen LogP contribution in [0.2, 0.25) is 0 Å². The molecule has 0 fully saturated rings. The molecule has 0 heterocycles. The minimum absolute atomic E-state index is 0.0752. The van der Waals surface area contributed by atoms with Gasteiger partial charge in [0.25, 0.3) is 0 Å². The van der Waals surface area contributed by atoms with E-state index in [0.29, 0.717) is 0 Å². The van der Waals surface area contributed by atoms with Gasteiger partial charge in [0.15, 0.2) is 0 Å². The minimum Gasteiger partial charge on any atom is -0.325 e. The van der Waals surface area contributed by atoms with Crippen molar-refractivity contribution in [3.05, 3.63) is 59.2 Å². The molecular weight excluding hydrogens is 344 g/mol. The van der Waals surface area contributed by atoms with Crippen LogP contribution >= 0.6 is 11.8 Å². The van der Waals surface area contributed by atoms with Crippen molar-refractivity contribution in [3.63, 3.8) is 0 Å². The van der Waals surface area contributed by atoms with E-state index < -0.39 is 0 Å². The van der Waals surface area contributed by atoms with Gasteiger partial charge in [-0.2, -0.15) is 0 Å². The first kappa shape index (κ1) is 20.0. The molecule has 0 aliphatic rings. The topological polar surface area (TPSA) is 58.2 Å². The standard InChI is InChI=1S/C21H26N2O2S/c1-4-16-7-6-8-17(5-2)21(16)23-20(25)14-26-13-19(24)22-18-11-9-15(3)10-12-18/h6-12H,4-5,13-14H2,1-3H3,(H,22,24)(H,23,25). The van der Waals surface area contributed by atoms with E-state index in [9.17, 15) is 9.59 Å². The van der Waals surface area contributed by atoms with Crippen LogP contribution in [0.4, 0.5) is 11.4 Å². The summed E-state index contributed by atoms with van der Waals surface area (Å²) < 4.78 is 0. The molecule has 0 spiro atoms. The lowest BCUT2D eigenvalue weighted by Crippen LogP contribution is -2.19. The van der Waals surface area contributed by atoms with Crippen LogP contribution in [0.3, 0.4) is 0 Å². The number of aryl methyl sites for hydroxylation is 3. The Labute approximate surface area is 159 Å². The van der Waals surface area contributed by atoms with E-state index in [2.05, 4.69) is 24.5 Å². The van der Waals surface area contributed by atoms with Gasteiger partial charge in [-0.15, -0.1) is 11.8 Å². The van der Waals surface area contributed by atoms with E-state index in [-0.39, 0.29) is 23.3 Å². The third kappa shape index (κ3) is 5.92. The van der Waals surface area contributed by atoms with Crippen LogP contribution < -0.4 is 10.6 Å². The fourth-order valence-corrected chi connectivity index (χ4v) is 3.27. The Morgan fingerprint density at radius 3 is 1.92 bits per heavy atom. The molecule has 2 aromatic carbocycles. The number of hydrogen-bond acceptors (Lipinski definition) is 3. The van der Waals surface area contributed by atoms with Crippen molar-refractivity contribution < 1.29 is 9.59 Å². The fraction of sp³-hybridized carbons (Fsp3) is 0.333. The van der Waals surface area contributed by atoms with Gasteiger partial charge in [0.05, 0.1) is 11.5 Å². The number of benzene rings is 2. The molecule has 0 unspecified atom stereocenters. The van der Waals surface area contributed by atoms with E-state index in [1.165, 1.54) is 11.8 Å². The molecule has 5 heteroatoms. The second-order valence-corrected chi connectivity index (χ2v) is 7.10. The number of amides is 2. The Hall–Kier alpha value is -2.27. The highest BCUT2D eigenvalue weighted by Gasteiger charge is 2.11. The van der Waals surface area contributed by atoms with Crippen LogP contribution in [-0.4, -0.2) is 23.3 Å². The maximum absolute atomic E-state index is 12.3. The average molecular weight is 371 g/mol. The minimum atomic E-state index is -0.102. The molecule has 0 saturated heterocycles. The number of carbonyl (C=O) groups excluding carboxylic acids is 2. The first-order valence-electron chi connectivity index (χ1n) is 8.88. The van der Waals surface area contributed by atoms with Gasteiger partial charge in [-0.05, 0) is 43.0 Å². The van der Waals surface area contributed by atoms with Gasteiger partial charge in [-0.3, -0.25) is 9.59 Å². The van der Waals surface area contributed by atoms with E-state index in [1.54, 1.807) is 0 Å². The van der Waals surface area contributed by atoms with Gasteiger partial charge in [0, 0.05) is 11.4 Å². The van der Waals surface area contributed by atoms with Crippen LogP contribution in [0.15, 0.2) is 42.5 Å². The summed E-state index contributed by atoms with van der Waals surface area (Å²) in [5, 5.41) is 5.86. The molecule has 138 valence electrons. The highest BCUT2D eigenvalue weighted by molar-refractivity contribution is 8.00. The van der Waals surface area contributed by atoms with Crippen molar-refractivity contribution in [2.24, 2.45) is 0 Å². The lowest BCUT2D eigenvalue weighted by molar-refractivity contribution is -0.114. The van der Waals surface area contributed by atoms with Crippen LogP contribution in [0.1, 0.15) is 30.5 Å². The van der Waals surface area contributed by atoms with E-state index in [4.69, 9.17) is 0 Å². The molecular formula is C21H26N2O2S. The Morgan fingerprint density at radius 1 is 0.846 bits per heavy atom. The van der Waals surface area contributed by atoms with E-state index in [0.717, 1.165) is 40.9 Å². The zero-order chi connectivity index (χ0) is 18.9. The summed E-state index contributed by atoms with van der Waals surface area (Å²) in [5.74, 6) is 0.323. The fourth-order valence-electron chi connectivity index (χ4n) is 2.65. The number of hydrogen-bond donors (Lipinski definition) is 2. The summed E-state index contributed by atoms with van der Waals surface area (Å²) in [6.07, 6.45) is 1.74. The highest BCUT2D eigenvalue weighted by atomic mass is 32.2. The third-order valence-electron chi connectivity index (χ3n) is 4.06. The maximum Gasteiger partial charge on any atom is 0.234 e. The van der Waals surface area contributed by atoms with Gasteiger partial charge in [0.1, 0.15) is 0 Å². The van der Waals surface area contributed by atoms with Gasteiger partial charge >= 0.3 is 0 Å². The molecule has 0 atom stereocenters. The summed E-state index contributed by atoms with van der Waals surface area (Å²) in [7, 11) is 0. The highest BCUT2D eigenvalue weighted by Crippen LogP contribution is 2.22. The lowest BCUT2D eigenvalue weighted by atomic mass is 10.0. The number of para-hydroxylation sites is 1. The van der Waals surface area contributed by atoms with Gasteiger partial charge in [-0.25, -0.2) is 0 Å². The SMILES string of the molecule is CCc1cccc(CC)c1NC(=O)CSCC(=O)Nc1ccc(C)cc1. The lowest BCUT2D eigenvalue weighted by Gasteiger charge is -2.14. The Balaban J connectivity index is 1.82. The second-order valence-electron chi connectivity index (χ2n) is 6.11. The van der Waals surface area contributed by atoms with Crippen LogP contribution in [-0.2, 0) is 22.4 Å². The maximum atomic E-state index is 12.3. The molecule has 2 rings (SSSR count). The van der Waals surface area contributed by atoms with Crippen molar-refractivity contribution in [2.45, 2.75) is 33.6 Å². The number of thioether (sulfide) groups is 1. The van der Waals surface area contributed by atoms with Gasteiger partial charge < -0.3 is 10.6 Å². The molecule has 0 aliphatic heterocycles. The second kappa shape index (κ2) is 10.0. The van der Waals surface area contributed by atoms with Gasteiger partial charge in [0.2, 0.25) is 11.8 Å². The molecule has 2 amide bonds. The molecule has 0 aromatic heterocycles. The van der Waals surface area contributed by atoms with Crippen LogP contribution in [0.5, 0.6) is 0 Å². The Kier molecular flexibility index (Phi) is 7.73. The van der Waals surface area contributed by atoms with E-state index >= 15 is 0 Å². The molecule has 0 bridgehead atoms. The number of carbonyl (C=O) groups is 2. The zero-order valence-corrected chi connectivity index (χ0v) is 16.4. The first-order valence-corrected chi connectivity index (χ1v) is 10.0. The summed E-state index contributed by atoms with van der Waals surface area (Å²) >= 11 is 1.31. The normalized spacial score (nSPS) is 10.4. The van der Waals surface area contributed by atoms with Crippen molar-refractivity contribution in [1.29, 1.82) is 0 Å². The van der Waals surface area contributed by atoms with Crippen molar-refractivity contribution >= 4 is 35.0 Å². The predicted molar refractivity (Wildman–Crippen MR) is 111 cm³/mol. The van der Waals surface area contributed by atoms with Crippen LogP contribution in [0, 0.1) is 6.92 Å². The first-order chi connectivity index (χ1) is 12.5. The quantitative estimate of drug-likeness (QED) is 0.723. The number of rotatable bonds is 8. The zero-order valence-electron chi connectivity index (χ0n) is 15.6. The van der Waals surface area contributed by atoms with Gasteiger partial charge in [-0.1, -0.05) is 49.7 Å². The molecule has 0 aliphatic carbocycles. The van der Waals surface area contributed by atoms with Crippen molar-refractivity contribution in [2.75, 3.05) is 22.1 Å². The van der Waals surface area contributed by atoms with Crippen molar-refractivity contribution in [1.82, 2.24) is 0 Å². The van der Waals surface area contributed by atoms with E-state index in [1.807, 2.05) is 49.4 Å². The Morgan fingerprint density at radius 2 is 1.38 bits per heavy atom. The molecule has 0 saturated carbocycles. The predicted octanol–water partition coefficient (Wildman–Crippen LogP) is 4.43. The molecule has 26 heavy (non-hydrogen) atoms. The summed E-state index contributed by atoms with van der Waals surface area (Å²) in [5.41, 5.74) is 5.12. The molecule has 4 nitrogen and oxygen atoms in total. The summed E-state index contributed by atoms with van der Waals surface area (Å²) in [4.78, 5) is 24.2. The third-order valence-corrected chi connectivity index (χ3v) is 5.00. The Bertz CT molecular complexity index is 735. The summed E-state index contributed by atoms with van der Waals surface area (Å²) in [6.45, 7) is 6.16. The number of anilines is 2. The average Bonchev–Trinajstić information content (AvgIpc) is 2.63. The largest absolute Gasteiger partial charge is 0.325 e. The molecule has 2 N–H and O–H groups in total. The monoisotopic (exact) mass is 370 g/mol. The smallest absolute Gasteiger partial charge is 0.234 e. The van der Waals surface area contributed by atoms with Crippen LogP contribution in [0.25, 0.3) is 0 Å². The summed E-state index contributed by atoms with van der Waals surface area (Å²) in [6, 6.07) is 13.8. The number of nitrogens with one attached hydrogen (secondary N) is 2. The van der Waals surface area contributed by atoms with Crippen molar-refractivity contribution in [3.8, 4) is 0 Å². The molecule has 0 radical (unpaired) electrons.